The molecular formula is C13H9BrClFN4O. The van der Waals surface area contributed by atoms with E-state index in [2.05, 4.69) is 31.2 Å². The van der Waals surface area contributed by atoms with Gasteiger partial charge in [-0.2, -0.15) is 0 Å². The monoisotopic (exact) mass is 370 g/mol. The number of nitrogen functional groups attached to an aromatic ring is 1. The second-order valence-corrected chi connectivity index (χ2v) is 5.64. The summed E-state index contributed by atoms with van der Waals surface area (Å²) in [5, 5.41) is 2.77. The zero-order chi connectivity index (χ0) is 15.1. The quantitative estimate of drug-likeness (QED) is 0.807. The fraction of sp³-hybridized carbons (Fsp3) is 0.154. The smallest absolute Gasteiger partial charge is 0.251 e. The molecule has 0 atom stereocenters. The van der Waals surface area contributed by atoms with Gasteiger partial charge < -0.3 is 11.1 Å². The first-order valence-corrected chi connectivity index (χ1v) is 7.24. The van der Waals surface area contributed by atoms with Crippen LogP contribution in [0.25, 0.3) is 11.3 Å². The van der Waals surface area contributed by atoms with Crippen molar-refractivity contribution in [2.24, 2.45) is 0 Å². The molecule has 108 valence electrons. The molecule has 0 fully saturated rings. The van der Waals surface area contributed by atoms with E-state index in [0.717, 1.165) is 5.56 Å². The minimum Gasteiger partial charge on any atom is -0.382 e. The summed E-state index contributed by atoms with van der Waals surface area (Å²) in [6.07, 6.45) is 0.621. The van der Waals surface area contributed by atoms with Crippen LogP contribution >= 0.6 is 27.5 Å². The van der Waals surface area contributed by atoms with E-state index in [-0.39, 0.29) is 32.7 Å². The van der Waals surface area contributed by atoms with Crippen LogP contribution in [0.15, 0.2) is 16.7 Å². The lowest BCUT2D eigenvalue weighted by molar-refractivity contribution is 0.0945. The Morgan fingerprint density at radius 3 is 2.86 bits per heavy atom. The van der Waals surface area contributed by atoms with Gasteiger partial charge in [-0.15, -0.1) is 0 Å². The standard InChI is InChI=1S/C13H9BrClFN4O/c14-10-11(15)20-12(17)9(19-10)7-3-5-1-2-18-13(21)6(5)4-8(7)16/h3-4H,1-2H2,(H2,17,20)(H,18,21). The molecule has 0 spiro atoms. The first-order valence-electron chi connectivity index (χ1n) is 6.07. The average Bonchev–Trinajstić information content (AvgIpc) is 2.44. The number of nitrogens with zero attached hydrogens (tertiary/aromatic N) is 2. The molecule has 0 saturated heterocycles. The number of nitrogens with one attached hydrogen (secondary N) is 1. The van der Waals surface area contributed by atoms with E-state index in [1.165, 1.54) is 6.07 Å². The van der Waals surface area contributed by atoms with Crippen LogP contribution < -0.4 is 11.1 Å². The van der Waals surface area contributed by atoms with E-state index in [1.807, 2.05) is 0 Å². The first-order chi connectivity index (χ1) is 9.97. The maximum Gasteiger partial charge on any atom is 0.251 e. The van der Waals surface area contributed by atoms with Crippen LogP contribution in [0.2, 0.25) is 5.15 Å². The molecule has 0 bridgehead atoms. The van der Waals surface area contributed by atoms with E-state index in [9.17, 15) is 9.18 Å². The van der Waals surface area contributed by atoms with E-state index >= 15 is 0 Å². The third-order valence-electron chi connectivity index (χ3n) is 3.21. The molecule has 21 heavy (non-hydrogen) atoms. The zero-order valence-corrected chi connectivity index (χ0v) is 12.9. The fourth-order valence-electron chi connectivity index (χ4n) is 2.23. The molecule has 1 aliphatic rings. The number of carbonyl (C=O) groups is 1. The summed E-state index contributed by atoms with van der Waals surface area (Å²) in [7, 11) is 0. The summed E-state index contributed by atoms with van der Waals surface area (Å²) in [6.45, 7) is 0.516. The normalized spacial score (nSPS) is 13.8. The Balaban J connectivity index is 2.20. The average molecular weight is 372 g/mol. The number of rotatable bonds is 1. The molecule has 0 aliphatic carbocycles. The number of carbonyl (C=O) groups excluding carboxylic acids is 1. The van der Waals surface area contributed by atoms with Gasteiger partial charge in [0.15, 0.2) is 11.0 Å². The summed E-state index contributed by atoms with van der Waals surface area (Å²) < 4.78 is 14.6. The molecule has 2 heterocycles. The highest BCUT2D eigenvalue weighted by Crippen LogP contribution is 2.32. The molecule has 0 saturated carbocycles. The van der Waals surface area contributed by atoms with Gasteiger partial charge in [-0.3, -0.25) is 4.79 Å². The minimum absolute atomic E-state index is 0.0299. The predicted octanol–water partition coefficient (Wildman–Crippen LogP) is 2.57. The number of fused-ring (bicyclic) bond motifs is 1. The molecule has 2 aromatic rings. The Labute approximate surface area is 132 Å². The topological polar surface area (TPSA) is 80.9 Å². The van der Waals surface area contributed by atoms with Crippen molar-refractivity contribution in [3.8, 4) is 11.3 Å². The second kappa shape index (κ2) is 5.23. The van der Waals surface area contributed by atoms with E-state index in [0.29, 0.717) is 18.5 Å². The van der Waals surface area contributed by atoms with Crippen LogP contribution in [-0.4, -0.2) is 22.4 Å². The SMILES string of the molecule is Nc1nc(Cl)c(Br)nc1-c1cc2c(cc1F)C(=O)NCC2. The van der Waals surface area contributed by atoms with Gasteiger partial charge in [0.2, 0.25) is 0 Å². The number of hydrogen-bond donors (Lipinski definition) is 2. The molecule has 1 aliphatic heterocycles. The Morgan fingerprint density at radius 1 is 1.33 bits per heavy atom. The van der Waals surface area contributed by atoms with Gasteiger partial charge in [0.1, 0.15) is 16.1 Å². The number of aromatic nitrogens is 2. The molecule has 3 N–H and O–H groups in total. The van der Waals surface area contributed by atoms with Gasteiger partial charge in [-0.05, 0) is 40.0 Å². The third-order valence-corrected chi connectivity index (χ3v) is 4.26. The molecule has 0 unspecified atom stereocenters. The number of nitrogens with two attached hydrogens (primary N) is 1. The maximum atomic E-state index is 14.3. The van der Waals surface area contributed by atoms with E-state index < -0.39 is 5.82 Å². The predicted molar refractivity (Wildman–Crippen MR) is 80.6 cm³/mol. The number of benzene rings is 1. The fourth-order valence-corrected chi connectivity index (χ4v) is 2.63. The third kappa shape index (κ3) is 2.47. The molecule has 1 amide bonds. The molecule has 1 aromatic carbocycles. The van der Waals surface area contributed by atoms with Crippen molar-refractivity contribution in [3.05, 3.63) is 38.8 Å². The largest absolute Gasteiger partial charge is 0.382 e. The van der Waals surface area contributed by atoms with Crippen molar-refractivity contribution < 1.29 is 9.18 Å². The van der Waals surface area contributed by atoms with Crippen LogP contribution in [0, 0.1) is 5.82 Å². The lowest BCUT2D eigenvalue weighted by Crippen LogP contribution is -2.32. The molecule has 5 nitrogen and oxygen atoms in total. The van der Waals surface area contributed by atoms with E-state index in [4.69, 9.17) is 17.3 Å². The number of anilines is 1. The second-order valence-electron chi connectivity index (χ2n) is 4.53. The summed E-state index contributed by atoms with van der Waals surface area (Å²) in [5.41, 5.74) is 7.25. The minimum atomic E-state index is -0.582. The lowest BCUT2D eigenvalue weighted by Gasteiger charge is -2.18. The van der Waals surface area contributed by atoms with Crippen LogP contribution in [-0.2, 0) is 6.42 Å². The Bertz CT molecular complexity index is 768. The van der Waals surface area contributed by atoms with Gasteiger partial charge in [0, 0.05) is 17.7 Å². The Kier molecular flexibility index (Phi) is 3.54. The summed E-state index contributed by atoms with van der Waals surface area (Å²) in [6, 6.07) is 2.78. The van der Waals surface area contributed by atoms with E-state index in [1.54, 1.807) is 6.07 Å². The first kappa shape index (κ1) is 14.2. The van der Waals surface area contributed by atoms with Gasteiger partial charge in [-0.1, -0.05) is 11.6 Å². The van der Waals surface area contributed by atoms with Crippen molar-refractivity contribution in [1.82, 2.24) is 15.3 Å². The van der Waals surface area contributed by atoms with Gasteiger partial charge >= 0.3 is 0 Å². The van der Waals surface area contributed by atoms with Crippen molar-refractivity contribution >= 4 is 39.3 Å². The Hall–Kier alpha value is -1.73. The van der Waals surface area contributed by atoms with Crippen molar-refractivity contribution in [1.29, 1.82) is 0 Å². The summed E-state index contributed by atoms with van der Waals surface area (Å²) >= 11 is 8.94. The number of halogens is 3. The van der Waals surface area contributed by atoms with Gasteiger partial charge in [0.25, 0.3) is 5.91 Å². The summed E-state index contributed by atoms with van der Waals surface area (Å²) in [4.78, 5) is 19.7. The molecule has 3 rings (SSSR count). The highest BCUT2D eigenvalue weighted by Gasteiger charge is 2.22. The van der Waals surface area contributed by atoms with Crippen LogP contribution in [0.4, 0.5) is 10.2 Å². The lowest BCUT2D eigenvalue weighted by atomic mass is 9.96. The van der Waals surface area contributed by atoms with Crippen LogP contribution in [0.1, 0.15) is 15.9 Å². The van der Waals surface area contributed by atoms with Crippen molar-refractivity contribution in [2.75, 3.05) is 12.3 Å². The number of hydrogen-bond acceptors (Lipinski definition) is 4. The molecule has 1 aromatic heterocycles. The van der Waals surface area contributed by atoms with Crippen molar-refractivity contribution in [3.63, 3.8) is 0 Å². The van der Waals surface area contributed by atoms with Crippen LogP contribution in [0.3, 0.4) is 0 Å². The zero-order valence-electron chi connectivity index (χ0n) is 10.6. The van der Waals surface area contributed by atoms with Gasteiger partial charge in [0.05, 0.1) is 0 Å². The molecule has 8 heteroatoms. The molecule has 0 radical (unpaired) electrons. The molecular weight excluding hydrogens is 363 g/mol. The maximum absolute atomic E-state index is 14.3. The van der Waals surface area contributed by atoms with Crippen molar-refractivity contribution in [2.45, 2.75) is 6.42 Å². The Morgan fingerprint density at radius 2 is 2.10 bits per heavy atom. The highest BCUT2D eigenvalue weighted by atomic mass is 79.9. The number of amides is 1. The van der Waals surface area contributed by atoms with Gasteiger partial charge in [-0.25, -0.2) is 14.4 Å². The summed E-state index contributed by atoms with van der Waals surface area (Å²) in [5.74, 6) is -0.832. The van der Waals surface area contributed by atoms with Crippen LogP contribution in [0.5, 0.6) is 0 Å². The highest BCUT2D eigenvalue weighted by molar-refractivity contribution is 9.10.